The van der Waals surface area contributed by atoms with Crippen LogP contribution in [0.3, 0.4) is 0 Å². The molecule has 2 rings (SSSR count). The Labute approximate surface area is 114 Å². The summed E-state index contributed by atoms with van der Waals surface area (Å²) in [6.45, 7) is 4.92. The van der Waals surface area contributed by atoms with Crippen LogP contribution < -0.4 is 14.8 Å². The van der Waals surface area contributed by atoms with Crippen LogP contribution in [-0.2, 0) is 6.42 Å². The Kier molecular flexibility index (Phi) is 5.05. The van der Waals surface area contributed by atoms with Gasteiger partial charge in [-0.05, 0) is 37.1 Å². The van der Waals surface area contributed by atoms with E-state index < -0.39 is 0 Å². The third kappa shape index (κ3) is 3.87. The topological polar surface area (TPSA) is 54.3 Å². The number of rotatable bonds is 6. The third-order valence-electron chi connectivity index (χ3n) is 3.26. The van der Waals surface area contributed by atoms with Gasteiger partial charge in [-0.15, -0.1) is 0 Å². The van der Waals surface area contributed by atoms with Crippen LogP contribution in [0.25, 0.3) is 0 Å². The van der Waals surface area contributed by atoms with Crippen molar-refractivity contribution in [3.05, 3.63) is 23.8 Å². The minimum Gasteiger partial charge on any atom is -0.486 e. The van der Waals surface area contributed by atoms with Crippen molar-refractivity contribution in [1.82, 2.24) is 5.32 Å². The zero-order chi connectivity index (χ0) is 13.5. The first-order chi connectivity index (χ1) is 9.33. The van der Waals surface area contributed by atoms with Gasteiger partial charge in [0.05, 0.1) is 12.0 Å². The Morgan fingerprint density at radius 1 is 1.32 bits per heavy atom. The number of benzene rings is 1. The molecule has 0 spiro atoms. The highest BCUT2D eigenvalue weighted by molar-refractivity contribution is 5.43. The Balaban J connectivity index is 1.79. The molecule has 1 heterocycles. The smallest absolute Gasteiger partial charge is 0.161 e. The highest BCUT2D eigenvalue weighted by atomic mass is 16.6. The molecule has 19 heavy (non-hydrogen) atoms. The van der Waals surface area contributed by atoms with Crippen molar-refractivity contribution >= 4 is 0 Å². The van der Waals surface area contributed by atoms with Crippen LogP contribution in [0.5, 0.6) is 11.5 Å². The monoisotopic (exact) mass is 260 g/mol. The van der Waals surface area contributed by atoms with Crippen LogP contribution in [0.15, 0.2) is 18.2 Å². The van der Waals surface area contributed by atoms with Crippen LogP contribution >= 0.6 is 0 Å². The fourth-order valence-electron chi connectivity index (χ4n) is 2.03. The molecule has 4 heteroatoms. The lowest BCUT2D eigenvalue weighted by Gasteiger charge is -2.19. The van der Waals surface area contributed by atoms with Crippen molar-refractivity contribution in [2.45, 2.75) is 19.8 Å². The predicted molar refractivity (Wildman–Crippen MR) is 73.4 cm³/mol. The summed E-state index contributed by atoms with van der Waals surface area (Å²) in [5.41, 5.74) is 1.22. The molecule has 1 unspecified atom stereocenters. The molecule has 0 saturated heterocycles. The van der Waals surface area contributed by atoms with Gasteiger partial charge in [0.15, 0.2) is 11.5 Å². The number of fused-ring (bicyclic) bond motifs is 1. The van der Waals surface area contributed by atoms with E-state index in [9.17, 15) is 0 Å². The van der Waals surface area contributed by atoms with Crippen molar-refractivity contribution in [2.75, 3.05) is 26.3 Å². The fraction of sp³-hybridized carbons (Fsp3) is 0.533. The minimum absolute atomic E-state index is 0.111. The van der Waals surface area contributed by atoms with Gasteiger partial charge in [0.25, 0.3) is 0 Å². The summed E-state index contributed by atoms with van der Waals surface area (Å²) in [5, 5.41) is 12.2. The molecule has 0 aliphatic carbocycles. The van der Waals surface area contributed by atoms with Gasteiger partial charge in [0.2, 0.25) is 0 Å². The standard InChI is InChI=1S/C15H20N2O2/c1-2-12(10-16)11-17-6-5-13-3-4-14-15(9-13)19-8-7-18-14/h3-4,9,12,17H,2,5-8,11H2,1H3. The maximum atomic E-state index is 8.85. The van der Waals surface area contributed by atoms with E-state index in [2.05, 4.69) is 17.5 Å². The van der Waals surface area contributed by atoms with Crippen LogP contribution in [-0.4, -0.2) is 26.3 Å². The van der Waals surface area contributed by atoms with Crippen molar-refractivity contribution < 1.29 is 9.47 Å². The zero-order valence-corrected chi connectivity index (χ0v) is 11.3. The summed E-state index contributed by atoms with van der Waals surface area (Å²) in [6, 6.07) is 8.36. The normalized spacial score (nSPS) is 14.7. The second kappa shape index (κ2) is 7.01. The van der Waals surface area contributed by atoms with E-state index in [1.54, 1.807) is 0 Å². The molecule has 0 aromatic heterocycles. The molecular formula is C15H20N2O2. The number of nitriles is 1. The van der Waals surface area contributed by atoms with Gasteiger partial charge in [0, 0.05) is 6.54 Å². The molecule has 0 radical (unpaired) electrons. The zero-order valence-electron chi connectivity index (χ0n) is 11.3. The van der Waals surface area contributed by atoms with Crippen LogP contribution in [0, 0.1) is 17.2 Å². The van der Waals surface area contributed by atoms with Crippen molar-refractivity contribution in [3.63, 3.8) is 0 Å². The lowest BCUT2D eigenvalue weighted by molar-refractivity contribution is 0.171. The van der Waals surface area contributed by atoms with Crippen LogP contribution in [0.1, 0.15) is 18.9 Å². The van der Waals surface area contributed by atoms with Gasteiger partial charge in [-0.1, -0.05) is 13.0 Å². The molecule has 102 valence electrons. The molecule has 0 saturated carbocycles. The van der Waals surface area contributed by atoms with Crippen molar-refractivity contribution in [3.8, 4) is 17.6 Å². The van der Waals surface area contributed by atoms with Crippen LogP contribution in [0.2, 0.25) is 0 Å². The number of hydrogen-bond donors (Lipinski definition) is 1. The van der Waals surface area contributed by atoms with Gasteiger partial charge >= 0.3 is 0 Å². The summed E-state index contributed by atoms with van der Waals surface area (Å²) in [6.07, 6.45) is 1.83. The molecule has 1 atom stereocenters. The van der Waals surface area contributed by atoms with Crippen molar-refractivity contribution in [1.29, 1.82) is 5.26 Å². The van der Waals surface area contributed by atoms with E-state index in [1.165, 1.54) is 5.56 Å². The second-order valence-corrected chi connectivity index (χ2v) is 4.67. The van der Waals surface area contributed by atoms with Gasteiger partial charge in [-0.3, -0.25) is 0 Å². The lowest BCUT2D eigenvalue weighted by atomic mass is 10.1. The maximum absolute atomic E-state index is 8.85. The molecule has 1 aliphatic heterocycles. The molecule has 0 bridgehead atoms. The third-order valence-corrected chi connectivity index (χ3v) is 3.26. The fourth-order valence-corrected chi connectivity index (χ4v) is 2.03. The lowest BCUT2D eigenvalue weighted by Crippen LogP contribution is -2.24. The predicted octanol–water partition coefficient (Wildman–Crippen LogP) is 2.14. The SMILES string of the molecule is CCC(C#N)CNCCc1ccc2c(c1)OCCO2. The summed E-state index contributed by atoms with van der Waals surface area (Å²) in [5.74, 6) is 1.78. The first-order valence-electron chi connectivity index (χ1n) is 6.82. The molecule has 4 nitrogen and oxygen atoms in total. The summed E-state index contributed by atoms with van der Waals surface area (Å²) in [4.78, 5) is 0. The molecule has 0 fully saturated rings. The number of nitrogens with one attached hydrogen (secondary N) is 1. The van der Waals surface area contributed by atoms with E-state index in [0.29, 0.717) is 13.2 Å². The van der Waals surface area contributed by atoms with E-state index >= 15 is 0 Å². The minimum atomic E-state index is 0.111. The number of hydrogen-bond acceptors (Lipinski definition) is 4. The van der Waals surface area contributed by atoms with E-state index in [4.69, 9.17) is 14.7 Å². The highest BCUT2D eigenvalue weighted by Crippen LogP contribution is 2.30. The Morgan fingerprint density at radius 2 is 2.11 bits per heavy atom. The molecular weight excluding hydrogens is 240 g/mol. The average molecular weight is 260 g/mol. The highest BCUT2D eigenvalue weighted by Gasteiger charge is 2.11. The van der Waals surface area contributed by atoms with Gasteiger partial charge < -0.3 is 14.8 Å². The molecule has 1 aliphatic rings. The first kappa shape index (κ1) is 13.7. The molecule has 1 N–H and O–H groups in total. The molecule has 1 aromatic rings. The van der Waals surface area contributed by atoms with Gasteiger partial charge in [0.1, 0.15) is 13.2 Å². The van der Waals surface area contributed by atoms with E-state index in [-0.39, 0.29) is 5.92 Å². The van der Waals surface area contributed by atoms with Crippen molar-refractivity contribution in [2.24, 2.45) is 5.92 Å². The molecule has 1 aromatic carbocycles. The maximum Gasteiger partial charge on any atom is 0.161 e. The first-order valence-corrected chi connectivity index (χ1v) is 6.82. The number of ether oxygens (including phenoxy) is 2. The van der Waals surface area contributed by atoms with Gasteiger partial charge in [-0.25, -0.2) is 0 Å². The summed E-state index contributed by atoms with van der Waals surface area (Å²) < 4.78 is 11.0. The van der Waals surface area contributed by atoms with E-state index in [1.807, 2.05) is 19.1 Å². The Morgan fingerprint density at radius 3 is 2.84 bits per heavy atom. The average Bonchev–Trinajstić information content (AvgIpc) is 2.47. The largest absolute Gasteiger partial charge is 0.486 e. The summed E-state index contributed by atoms with van der Waals surface area (Å²) >= 11 is 0. The van der Waals surface area contributed by atoms with Crippen LogP contribution in [0.4, 0.5) is 0 Å². The van der Waals surface area contributed by atoms with E-state index in [0.717, 1.165) is 37.4 Å². The van der Waals surface area contributed by atoms with Gasteiger partial charge in [-0.2, -0.15) is 5.26 Å². The quantitative estimate of drug-likeness (QED) is 0.796. The Bertz CT molecular complexity index is 454. The summed E-state index contributed by atoms with van der Waals surface area (Å²) in [7, 11) is 0. The Hall–Kier alpha value is -1.73. The molecule has 0 amide bonds. The second-order valence-electron chi connectivity index (χ2n) is 4.67. The number of nitrogens with zero attached hydrogens (tertiary/aromatic N) is 1.